The molecule has 6 nitrogen and oxygen atoms in total. The summed E-state index contributed by atoms with van der Waals surface area (Å²) in [6.07, 6.45) is 0. The van der Waals surface area contributed by atoms with Crippen LogP contribution in [0.15, 0.2) is 0 Å². The molecular formula is C3H9B6O6. The van der Waals surface area contributed by atoms with Crippen LogP contribution in [-0.2, 0) is 27.4 Å². The van der Waals surface area contributed by atoms with E-state index in [1.165, 1.54) is 0 Å². The molecule has 0 aromatic rings. The Morgan fingerprint density at radius 3 is 1.07 bits per heavy atom. The third kappa shape index (κ3) is 6.34. The Kier molecular flexibility index (Phi) is 6.54. The molecule has 0 aromatic heterocycles. The van der Waals surface area contributed by atoms with E-state index >= 15 is 0 Å². The van der Waals surface area contributed by atoms with Gasteiger partial charge in [-0.05, 0) is 20.5 Å². The zero-order chi connectivity index (χ0) is 11.1. The molecule has 0 spiro atoms. The highest BCUT2D eigenvalue weighted by Gasteiger charge is 2.31. The molecule has 2 aliphatic rings. The van der Waals surface area contributed by atoms with Crippen LogP contribution in [0.2, 0.25) is 20.5 Å². The van der Waals surface area contributed by atoms with Crippen LogP contribution in [0.25, 0.3) is 0 Å². The van der Waals surface area contributed by atoms with Crippen LogP contribution in [-0.4, -0.2) is 44.4 Å². The van der Waals surface area contributed by atoms with Crippen molar-refractivity contribution in [3.05, 3.63) is 0 Å². The van der Waals surface area contributed by atoms with Crippen molar-refractivity contribution in [2.75, 3.05) is 0 Å². The Morgan fingerprint density at radius 2 is 0.867 bits per heavy atom. The lowest BCUT2D eigenvalue weighted by Crippen LogP contribution is -2.44. The monoisotopic (exact) mass is 207 g/mol. The first-order valence-electron chi connectivity index (χ1n) is 4.56. The molecule has 0 atom stereocenters. The number of hydrogen-bond acceptors (Lipinski definition) is 6. The summed E-state index contributed by atoms with van der Waals surface area (Å²) in [6.45, 7) is 5.57. The highest BCUT2D eigenvalue weighted by molar-refractivity contribution is 6.72. The van der Waals surface area contributed by atoms with Gasteiger partial charge in [0, 0.05) is 0 Å². The van der Waals surface area contributed by atoms with Crippen LogP contribution in [0.4, 0.5) is 0 Å². The fourth-order valence-electron chi connectivity index (χ4n) is 1.07. The molecular weight excluding hydrogens is 197 g/mol. The predicted octanol–water partition coefficient (Wildman–Crippen LogP) is -0.944. The summed E-state index contributed by atoms with van der Waals surface area (Å²) < 4.78 is 28.4. The second-order valence-corrected chi connectivity index (χ2v) is 2.81. The molecule has 2 fully saturated rings. The first-order chi connectivity index (χ1) is 7.18. The predicted molar refractivity (Wildman–Crippen MR) is 58.6 cm³/mol. The third-order valence-corrected chi connectivity index (χ3v) is 1.48. The van der Waals surface area contributed by atoms with Crippen molar-refractivity contribution in [1.82, 2.24) is 0 Å². The Bertz CT molecular complexity index is 132. The van der Waals surface area contributed by atoms with Crippen molar-refractivity contribution >= 4 is 44.4 Å². The Labute approximate surface area is 93.0 Å². The minimum Gasteiger partial charge on any atom is -0.457 e. The van der Waals surface area contributed by atoms with Gasteiger partial charge in [-0.3, -0.25) is 0 Å². The second-order valence-electron chi connectivity index (χ2n) is 2.81. The van der Waals surface area contributed by atoms with E-state index in [4.69, 9.17) is 13.7 Å². The van der Waals surface area contributed by atoms with Gasteiger partial charge in [-0.2, -0.15) is 0 Å². The molecule has 0 saturated carbocycles. The van der Waals surface area contributed by atoms with Gasteiger partial charge in [-0.1, -0.05) is 0 Å². The van der Waals surface area contributed by atoms with E-state index in [2.05, 4.69) is 13.7 Å². The molecule has 75 valence electrons. The minimum atomic E-state index is -0.135. The number of hydrogen-bond donors (Lipinski definition) is 0. The van der Waals surface area contributed by atoms with E-state index < -0.39 is 0 Å². The molecule has 12 heteroatoms. The van der Waals surface area contributed by atoms with Gasteiger partial charge < -0.3 is 27.4 Å². The van der Waals surface area contributed by atoms with Gasteiger partial charge in [0.2, 0.25) is 0 Å². The van der Waals surface area contributed by atoms with E-state index in [1.807, 2.05) is 20.5 Å². The average molecular weight is 206 g/mol. The molecule has 0 aromatic carbocycles. The van der Waals surface area contributed by atoms with Crippen LogP contribution >= 0.6 is 0 Å². The molecule has 2 rings (SSSR count). The van der Waals surface area contributed by atoms with Crippen molar-refractivity contribution < 1.29 is 27.4 Å². The largest absolute Gasteiger partial charge is 0.457 e. The van der Waals surface area contributed by atoms with Gasteiger partial charge in [-0.15, -0.1) is 0 Å². The lowest BCUT2D eigenvalue weighted by Gasteiger charge is -2.25. The van der Waals surface area contributed by atoms with Crippen molar-refractivity contribution in [1.29, 1.82) is 0 Å². The molecule has 0 bridgehead atoms. The summed E-state index contributed by atoms with van der Waals surface area (Å²) in [4.78, 5) is 0. The minimum absolute atomic E-state index is 0.135. The molecule has 3 radical (unpaired) electrons. The summed E-state index contributed by atoms with van der Waals surface area (Å²) in [5.41, 5.74) is 0. The maximum atomic E-state index is 5.11. The lowest BCUT2D eigenvalue weighted by atomic mass is 9.74. The van der Waals surface area contributed by atoms with Gasteiger partial charge in [0.15, 0.2) is 0 Å². The molecule has 0 unspecified atom stereocenters. The topological polar surface area (TPSA) is 55.4 Å². The zero-order valence-corrected chi connectivity index (χ0v) is 8.91. The van der Waals surface area contributed by atoms with Crippen LogP contribution in [0.5, 0.6) is 0 Å². The highest BCUT2D eigenvalue weighted by atomic mass is 16.7. The average Bonchev–Trinajstić information content (AvgIpc) is 2.19. The van der Waals surface area contributed by atoms with Gasteiger partial charge >= 0.3 is 44.4 Å². The van der Waals surface area contributed by atoms with E-state index in [1.54, 1.807) is 0 Å². The van der Waals surface area contributed by atoms with Crippen molar-refractivity contribution in [3.63, 3.8) is 0 Å². The van der Waals surface area contributed by atoms with Gasteiger partial charge in [-0.25, -0.2) is 0 Å². The van der Waals surface area contributed by atoms with Crippen molar-refractivity contribution in [2.24, 2.45) is 0 Å². The third-order valence-electron chi connectivity index (χ3n) is 1.48. The van der Waals surface area contributed by atoms with Gasteiger partial charge in [0.1, 0.15) is 0 Å². The van der Waals surface area contributed by atoms with Gasteiger partial charge in [0.05, 0.1) is 0 Å². The summed E-state index contributed by atoms with van der Waals surface area (Å²) in [6, 6.07) is 0. The first-order valence-corrected chi connectivity index (χ1v) is 4.56. The maximum absolute atomic E-state index is 5.11. The smallest absolute Gasteiger partial charge is 0.457 e. The molecule has 15 heavy (non-hydrogen) atoms. The Morgan fingerprint density at radius 1 is 0.600 bits per heavy atom. The quantitative estimate of drug-likeness (QED) is 0.476. The molecule has 0 amide bonds. The van der Waals surface area contributed by atoms with E-state index in [-0.39, 0.29) is 21.4 Å². The molecule has 0 aliphatic carbocycles. The van der Waals surface area contributed by atoms with E-state index in [0.29, 0.717) is 0 Å². The van der Waals surface area contributed by atoms with E-state index in [9.17, 15) is 0 Å². The summed E-state index contributed by atoms with van der Waals surface area (Å²) in [7, 11) is 3.06. The maximum Gasteiger partial charge on any atom is 0.457 e. The standard InChI is InChI=1S/C3H9B3O3.B3O3/c1-4-7-5(2)9-6(3)8-4;1-4-2-6-3-5-1/h1-3H3;. The van der Waals surface area contributed by atoms with Crippen LogP contribution in [0.1, 0.15) is 0 Å². The van der Waals surface area contributed by atoms with Gasteiger partial charge in [0.25, 0.3) is 0 Å². The fraction of sp³-hybridized carbons (Fsp3) is 1.00. The van der Waals surface area contributed by atoms with Crippen LogP contribution in [0, 0.1) is 0 Å². The van der Waals surface area contributed by atoms with Crippen LogP contribution < -0.4 is 0 Å². The van der Waals surface area contributed by atoms with E-state index in [0.717, 1.165) is 23.1 Å². The Balaban J connectivity index is 0.000000162. The molecule has 2 heterocycles. The summed E-state index contributed by atoms with van der Waals surface area (Å²) >= 11 is 0. The van der Waals surface area contributed by atoms with Crippen LogP contribution in [0.3, 0.4) is 0 Å². The molecule has 2 aliphatic heterocycles. The van der Waals surface area contributed by atoms with Crippen molar-refractivity contribution in [3.8, 4) is 0 Å². The van der Waals surface area contributed by atoms with Crippen molar-refractivity contribution in [2.45, 2.75) is 20.5 Å². The summed E-state index contributed by atoms with van der Waals surface area (Å²) in [5, 5.41) is 0. The Hall–Kier alpha value is 0.150. The number of rotatable bonds is 0. The fourth-order valence-corrected chi connectivity index (χ4v) is 1.07. The molecule has 0 N–H and O–H groups in total. The SMILES string of the molecule is CB1OB(C)OB(C)O1.[B]1O[B]O[B]O1. The summed E-state index contributed by atoms with van der Waals surface area (Å²) in [5.74, 6) is 0. The first kappa shape index (κ1) is 13.2. The molecule has 2 saturated heterocycles. The lowest BCUT2D eigenvalue weighted by molar-refractivity contribution is 0.294. The second kappa shape index (κ2) is 7.43. The normalized spacial score (nSPS) is 20.6. The zero-order valence-electron chi connectivity index (χ0n) is 8.91. The highest BCUT2D eigenvalue weighted by Crippen LogP contribution is 2.06.